The average Bonchev–Trinajstić information content (AvgIpc) is 3.49. The van der Waals surface area contributed by atoms with Gasteiger partial charge in [0.2, 0.25) is 5.79 Å². The zero-order valence-electron chi connectivity index (χ0n) is 37.9. The summed E-state index contributed by atoms with van der Waals surface area (Å²) in [4.78, 5) is 45.3. The fourth-order valence-electron chi connectivity index (χ4n) is 10.5. The van der Waals surface area contributed by atoms with Crippen molar-refractivity contribution < 1.29 is 57.8 Å². The summed E-state index contributed by atoms with van der Waals surface area (Å²) >= 11 is 0. The molecule has 3 saturated heterocycles. The van der Waals surface area contributed by atoms with Gasteiger partial charge in [-0.15, -0.1) is 6.58 Å². The van der Waals surface area contributed by atoms with E-state index >= 15 is 4.79 Å². The number of amides is 1. The number of carbonyl (C=O) groups excluding carboxylic acids is 3. The lowest BCUT2D eigenvalue weighted by atomic mass is 9.81. The molecular formula is C47H75NO12. The molecule has 1 saturated carbocycles. The van der Waals surface area contributed by atoms with Crippen LogP contribution in [0.15, 0.2) is 36.0 Å². The van der Waals surface area contributed by atoms with Crippen LogP contribution in [0.25, 0.3) is 0 Å². The number of ether oxygens (including phenoxy) is 7. The Bertz CT molecular complexity index is 1560. The summed E-state index contributed by atoms with van der Waals surface area (Å²) in [6, 6.07) is -0.937. The summed E-state index contributed by atoms with van der Waals surface area (Å²) in [6.07, 6.45) is 5.86. The van der Waals surface area contributed by atoms with Crippen LogP contribution >= 0.6 is 0 Å². The standard InChI is InChI=1S/C47H75NO12/c1-12-15-33-21-27(2)20-28(3)22-39(55-10)42-40(56-11)24-30(5)47(58-42)43(59-46(7,8)60-47)44(52)48-19-14-13-16-34(48)45(53)57-41(31(6)36(50)26-37(33)51)29(4)23-32-17-18-35(49)38(25-32)54-9/h12,21,23,28,30-36,38-43,49-50H,1,13-20,22,24-26H2,2-11H3/b27-21+,29-23+/t28-,30+,31+,32-,33+,34-,35+,36+,38+,39-,40-,41+,42+,43-,47+/m0/s1. The van der Waals surface area contributed by atoms with Crippen molar-refractivity contribution in [2.75, 3.05) is 27.9 Å². The first-order valence-electron chi connectivity index (χ1n) is 22.4. The van der Waals surface area contributed by atoms with Crippen LogP contribution in [0.1, 0.15) is 119 Å². The van der Waals surface area contributed by atoms with Gasteiger partial charge in [-0.1, -0.05) is 44.6 Å². The first kappa shape index (κ1) is 48.5. The number of rotatable bonds is 7. The third-order valence-corrected chi connectivity index (χ3v) is 13.8. The minimum Gasteiger partial charge on any atom is -0.456 e. The first-order valence-corrected chi connectivity index (χ1v) is 22.4. The molecule has 5 rings (SSSR count). The number of esters is 1. The van der Waals surface area contributed by atoms with E-state index < -0.39 is 78.0 Å². The van der Waals surface area contributed by atoms with Gasteiger partial charge in [-0.25, -0.2) is 4.79 Å². The largest absolute Gasteiger partial charge is 0.456 e. The number of methoxy groups -OCH3 is 3. The summed E-state index contributed by atoms with van der Waals surface area (Å²) in [5, 5.41) is 22.3. The minimum atomic E-state index is -1.51. The normalized spacial score (nSPS) is 42.5. The molecule has 0 aromatic carbocycles. The third-order valence-electron chi connectivity index (χ3n) is 13.8. The lowest BCUT2D eigenvalue weighted by molar-refractivity contribution is -0.342. The van der Waals surface area contributed by atoms with Crippen LogP contribution in [0.3, 0.4) is 0 Å². The van der Waals surface area contributed by atoms with Crippen molar-refractivity contribution in [3.05, 3.63) is 36.0 Å². The number of carbonyl (C=O) groups is 3. The van der Waals surface area contributed by atoms with E-state index in [4.69, 9.17) is 33.2 Å². The van der Waals surface area contributed by atoms with Crippen LogP contribution in [0.4, 0.5) is 0 Å². The van der Waals surface area contributed by atoms with Crippen molar-refractivity contribution in [1.29, 1.82) is 0 Å². The zero-order valence-corrected chi connectivity index (χ0v) is 37.9. The van der Waals surface area contributed by atoms with Gasteiger partial charge in [0.15, 0.2) is 11.9 Å². The quantitative estimate of drug-likeness (QED) is 0.220. The Balaban J connectivity index is 1.58. The van der Waals surface area contributed by atoms with E-state index in [9.17, 15) is 19.8 Å². The molecule has 2 N–H and O–H groups in total. The molecule has 5 aliphatic rings. The number of piperidine rings is 1. The van der Waals surface area contributed by atoms with Gasteiger partial charge in [0.1, 0.15) is 24.0 Å². The molecule has 0 radical (unpaired) electrons. The predicted octanol–water partition coefficient (Wildman–Crippen LogP) is 6.23. The van der Waals surface area contributed by atoms with E-state index in [-0.39, 0.29) is 42.2 Å². The highest BCUT2D eigenvalue weighted by atomic mass is 16.8. The maximum absolute atomic E-state index is 15.1. The molecule has 1 amide bonds. The third kappa shape index (κ3) is 11.0. The van der Waals surface area contributed by atoms with Gasteiger partial charge in [0, 0.05) is 52.0 Å². The van der Waals surface area contributed by atoms with E-state index in [1.54, 1.807) is 53.1 Å². The molecular weight excluding hydrogens is 771 g/mol. The summed E-state index contributed by atoms with van der Waals surface area (Å²) < 4.78 is 44.5. The lowest BCUT2D eigenvalue weighted by Gasteiger charge is -2.50. The van der Waals surface area contributed by atoms with E-state index in [0.29, 0.717) is 70.8 Å². The molecule has 13 heteroatoms. The summed E-state index contributed by atoms with van der Waals surface area (Å²) in [5.41, 5.74) is 1.75. The summed E-state index contributed by atoms with van der Waals surface area (Å²) in [7, 11) is 4.89. The van der Waals surface area contributed by atoms with Crippen LogP contribution in [0, 0.1) is 29.6 Å². The number of hydrogen-bond donors (Lipinski definition) is 2. The number of nitrogens with zero attached hydrogens (tertiary/aromatic N) is 1. The molecule has 0 unspecified atom stereocenters. The fourth-order valence-corrected chi connectivity index (χ4v) is 10.5. The van der Waals surface area contributed by atoms with Crippen molar-refractivity contribution in [2.45, 2.75) is 186 Å². The average molecular weight is 846 g/mol. The van der Waals surface area contributed by atoms with E-state index in [1.807, 2.05) is 32.9 Å². The molecule has 4 aliphatic heterocycles. The number of aliphatic hydroxyl groups is 2. The second kappa shape index (κ2) is 20.8. The number of ketones is 1. The second-order valence-electron chi connectivity index (χ2n) is 19.0. The molecule has 0 aromatic heterocycles. The Kier molecular flexibility index (Phi) is 16.8. The van der Waals surface area contributed by atoms with Crippen molar-refractivity contribution in [2.24, 2.45) is 29.6 Å². The molecule has 4 heterocycles. The van der Waals surface area contributed by atoms with E-state index in [2.05, 4.69) is 13.5 Å². The van der Waals surface area contributed by atoms with Gasteiger partial charge < -0.3 is 48.3 Å². The highest BCUT2D eigenvalue weighted by Gasteiger charge is 2.66. The van der Waals surface area contributed by atoms with Crippen LogP contribution < -0.4 is 0 Å². The van der Waals surface area contributed by atoms with Crippen molar-refractivity contribution in [1.82, 2.24) is 4.90 Å². The lowest BCUT2D eigenvalue weighted by Crippen LogP contribution is -2.65. The molecule has 0 aromatic rings. The molecule has 340 valence electrons. The van der Waals surface area contributed by atoms with Crippen LogP contribution in [-0.4, -0.2) is 127 Å². The highest BCUT2D eigenvalue weighted by Crippen LogP contribution is 2.50. The fraction of sp³-hybridized carbons (Fsp3) is 0.809. The Hall–Kier alpha value is -2.49. The van der Waals surface area contributed by atoms with Crippen LogP contribution in [0.2, 0.25) is 0 Å². The maximum Gasteiger partial charge on any atom is 0.329 e. The Morgan fingerprint density at radius 1 is 0.917 bits per heavy atom. The van der Waals surface area contributed by atoms with Crippen LogP contribution in [0.5, 0.6) is 0 Å². The monoisotopic (exact) mass is 846 g/mol. The zero-order chi connectivity index (χ0) is 44.1. The molecule has 2 bridgehead atoms. The molecule has 60 heavy (non-hydrogen) atoms. The van der Waals surface area contributed by atoms with Gasteiger partial charge in [0.25, 0.3) is 5.91 Å². The van der Waals surface area contributed by atoms with E-state index in [0.717, 1.165) is 11.1 Å². The predicted molar refractivity (Wildman–Crippen MR) is 225 cm³/mol. The van der Waals surface area contributed by atoms with Gasteiger partial charge >= 0.3 is 5.97 Å². The summed E-state index contributed by atoms with van der Waals surface area (Å²) in [5.74, 6) is -5.22. The Labute approximate surface area is 358 Å². The van der Waals surface area contributed by atoms with E-state index in [1.165, 1.54) is 0 Å². The number of hydrogen-bond acceptors (Lipinski definition) is 12. The van der Waals surface area contributed by atoms with Crippen molar-refractivity contribution in [3.63, 3.8) is 0 Å². The number of Topliss-reactive ketones (excluding diaryl/α,β-unsaturated/α-hetero) is 1. The molecule has 13 nitrogen and oxygen atoms in total. The number of fused-ring (bicyclic) bond motifs is 2. The van der Waals surface area contributed by atoms with Crippen molar-refractivity contribution in [3.8, 4) is 0 Å². The minimum absolute atomic E-state index is 0.0316. The maximum atomic E-state index is 15.1. The second-order valence-corrected chi connectivity index (χ2v) is 19.0. The summed E-state index contributed by atoms with van der Waals surface area (Å²) in [6.45, 7) is 17.6. The molecule has 1 aliphatic carbocycles. The highest BCUT2D eigenvalue weighted by molar-refractivity contribution is 5.88. The number of aliphatic hydroxyl groups excluding tert-OH is 2. The molecule has 15 atom stereocenters. The van der Waals surface area contributed by atoms with Crippen LogP contribution in [-0.2, 0) is 47.5 Å². The van der Waals surface area contributed by atoms with Crippen molar-refractivity contribution >= 4 is 17.7 Å². The first-order chi connectivity index (χ1) is 28.4. The Morgan fingerprint density at radius 3 is 2.27 bits per heavy atom. The molecule has 4 fully saturated rings. The Morgan fingerprint density at radius 2 is 1.60 bits per heavy atom. The number of cyclic esters (lactones) is 1. The van der Waals surface area contributed by atoms with Gasteiger partial charge in [-0.05, 0) is 109 Å². The van der Waals surface area contributed by atoms with Gasteiger partial charge in [-0.3, -0.25) is 9.59 Å². The van der Waals surface area contributed by atoms with Gasteiger partial charge in [0.05, 0.1) is 30.5 Å². The van der Waals surface area contributed by atoms with Gasteiger partial charge in [-0.2, -0.15) is 0 Å². The molecule has 1 spiro atoms. The topological polar surface area (TPSA) is 160 Å². The number of allylic oxidation sites excluding steroid dienone is 4. The SMILES string of the molecule is C=CC[C@@H]1/C=C(\C)C[C@H](C)C[C@H](OC)[C@H]2O[C@@]3(OC(C)(C)O[C@H]3C(=O)N3CCCC[C@H]3C(=O)O[C@H](/C(C)=C/[C@@H]3CC[C@@H](O)[C@H](OC)C3)[C@H](C)[C@H](O)CC1=O)[C@H](C)C[C@@H]2OC. The smallest absolute Gasteiger partial charge is 0.329 e.